The molecule has 1 aliphatic rings. The third-order valence-electron chi connectivity index (χ3n) is 4.24. The summed E-state index contributed by atoms with van der Waals surface area (Å²) in [6.07, 6.45) is 2.32. The maximum atomic E-state index is 5.32. The van der Waals surface area contributed by atoms with E-state index in [1.165, 1.54) is 11.1 Å². The van der Waals surface area contributed by atoms with E-state index in [2.05, 4.69) is 63.5 Å². The van der Waals surface area contributed by atoms with Gasteiger partial charge in [-0.25, -0.2) is 0 Å². The standard InChI is InChI=1S/C18H30N2O/c1-13-9-14(7-8-16(13)21-6)12-19-15-10-17(2,3)20-18(4,5)11-15/h7-9,15,19-20H,10-12H2,1-6H3. The topological polar surface area (TPSA) is 33.3 Å². The largest absolute Gasteiger partial charge is 0.496 e. The molecule has 1 heterocycles. The van der Waals surface area contributed by atoms with Crippen LogP contribution >= 0.6 is 0 Å². The van der Waals surface area contributed by atoms with Crippen LogP contribution < -0.4 is 15.4 Å². The molecule has 2 N–H and O–H groups in total. The Morgan fingerprint density at radius 2 is 1.81 bits per heavy atom. The molecule has 1 saturated heterocycles. The highest BCUT2D eigenvalue weighted by Crippen LogP contribution is 2.28. The number of methoxy groups -OCH3 is 1. The summed E-state index contributed by atoms with van der Waals surface area (Å²) in [7, 11) is 1.72. The molecule has 1 aliphatic heterocycles. The summed E-state index contributed by atoms with van der Waals surface area (Å²) in [5, 5.41) is 7.46. The van der Waals surface area contributed by atoms with Crippen LogP contribution in [-0.2, 0) is 6.54 Å². The van der Waals surface area contributed by atoms with Crippen molar-refractivity contribution in [2.24, 2.45) is 0 Å². The van der Waals surface area contributed by atoms with Crippen LogP contribution in [0.4, 0.5) is 0 Å². The Balaban J connectivity index is 1.98. The van der Waals surface area contributed by atoms with Crippen LogP contribution in [0.2, 0.25) is 0 Å². The molecule has 0 aliphatic carbocycles. The summed E-state index contributed by atoms with van der Waals surface area (Å²) in [6, 6.07) is 6.97. The maximum Gasteiger partial charge on any atom is 0.121 e. The molecule has 0 bridgehead atoms. The molecule has 2 rings (SSSR count). The van der Waals surface area contributed by atoms with Gasteiger partial charge in [-0.2, -0.15) is 0 Å². The van der Waals surface area contributed by atoms with Gasteiger partial charge < -0.3 is 15.4 Å². The van der Waals surface area contributed by atoms with Gasteiger partial charge in [-0.15, -0.1) is 0 Å². The van der Waals surface area contributed by atoms with Crippen LogP contribution in [0.15, 0.2) is 18.2 Å². The van der Waals surface area contributed by atoms with Gasteiger partial charge in [0.25, 0.3) is 0 Å². The second-order valence-electron chi connectivity index (χ2n) is 7.68. The van der Waals surface area contributed by atoms with Crippen LogP contribution in [0.1, 0.15) is 51.7 Å². The highest BCUT2D eigenvalue weighted by Gasteiger charge is 2.37. The first-order valence-electron chi connectivity index (χ1n) is 7.87. The number of benzene rings is 1. The number of hydrogen-bond acceptors (Lipinski definition) is 3. The maximum absolute atomic E-state index is 5.32. The van der Waals surface area contributed by atoms with Crippen LogP contribution in [-0.4, -0.2) is 24.2 Å². The lowest BCUT2D eigenvalue weighted by Crippen LogP contribution is -2.61. The molecule has 0 radical (unpaired) electrons. The van der Waals surface area contributed by atoms with E-state index in [1.54, 1.807) is 7.11 Å². The molecule has 3 heteroatoms. The van der Waals surface area contributed by atoms with E-state index < -0.39 is 0 Å². The second kappa shape index (κ2) is 5.98. The van der Waals surface area contributed by atoms with E-state index in [0.29, 0.717) is 6.04 Å². The first kappa shape index (κ1) is 16.3. The average molecular weight is 290 g/mol. The summed E-state index contributed by atoms with van der Waals surface area (Å²) >= 11 is 0. The van der Waals surface area contributed by atoms with Crippen LogP contribution in [0.3, 0.4) is 0 Å². The van der Waals surface area contributed by atoms with Gasteiger partial charge in [0.15, 0.2) is 0 Å². The van der Waals surface area contributed by atoms with Gasteiger partial charge in [-0.3, -0.25) is 0 Å². The van der Waals surface area contributed by atoms with E-state index in [1.807, 2.05) is 0 Å². The minimum Gasteiger partial charge on any atom is -0.496 e. The lowest BCUT2D eigenvalue weighted by molar-refractivity contribution is 0.145. The Bertz CT molecular complexity index is 478. The predicted molar refractivity (Wildman–Crippen MR) is 88.9 cm³/mol. The highest BCUT2D eigenvalue weighted by molar-refractivity contribution is 5.36. The Hall–Kier alpha value is -1.06. The van der Waals surface area contributed by atoms with Crippen molar-refractivity contribution < 1.29 is 4.74 Å². The minimum absolute atomic E-state index is 0.190. The number of ether oxygens (including phenoxy) is 1. The molecule has 1 fully saturated rings. The lowest BCUT2D eigenvalue weighted by atomic mass is 9.79. The summed E-state index contributed by atoms with van der Waals surface area (Å²) in [4.78, 5) is 0. The number of piperidine rings is 1. The number of hydrogen-bond donors (Lipinski definition) is 2. The molecule has 0 amide bonds. The van der Waals surface area contributed by atoms with E-state index in [0.717, 1.165) is 25.1 Å². The molecule has 1 aromatic rings. The van der Waals surface area contributed by atoms with Gasteiger partial charge in [-0.1, -0.05) is 12.1 Å². The predicted octanol–water partition coefficient (Wildman–Crippen LogP) is 3.40. The lowest BCUT2D eigenvalue weighted by Gasteiger charge is -2.46. The van der Waals surface area contributed by atoms with E-state index >= 15 is 0 Å². The van der Waals surface area contributed by atoms with Crippen LogP contribution in [0, 0.1) is 6.92 Å². The summed E-state index contributed by atoms with van der Waals surface area (Å²) < 4.78 is 5.32. The van der Waals surface area contributed by atoms with Gasteiger partial charge in [0, 0.05) is 23.7 Å². The third-order valence-corrected chi connectivity index (χ3v) is 4.24. The van der Waals surface area contributed by atoms with Gasteiger partial charge in [0.2, 0.25) is 0 Å². The van der Waals surface area contributed by atoms with Gasteiger partial charge in [0.05, 0.1) is 7.11 Å². The molecule has 21 heavy (non-hydrogen) atoms. The molecule has 3 nitrogen and oxygen atoms in total. The zero-order chi connectivity index (χ0) is 15.7. The molecule has 0 atom stereocenters. The van der Waals surface area contributed by atoms with Crippen molar-refractivity contribution >= 4 is 0 Å². The molecular formula is C18H30N2O. The monoisotopic (exact) mass is 290 g/mol. The Morgan fingerprint density at radius 1 is 1.19 bits per heavy atom. The van der Waals surface area contributed by atoms with Crippen molar-refractivity contribution in [3.8, 4) is 5.75 Å². The molecule has 118 valence electrons. The number of aryl methyl sites for hydroxylation is 1. The Kier molecular flexibility index (Phi) is 4.64. The van der Waals surface area contributed by atoms with Crippen molar-refractivity contribution in [1.82, 2.24) is 10.6 Å². The molecule has 0 unspecified atom stereocenters. The van der Waals surface area contributed by atoms with Gasteiger partial charge >= 0.3 is 0 Å². The molecule has 1 aromatic carbocycles. The van der Waals surface area contributed by atoms with Crippen molar-refractivity contribution in [3.63, 3.8) is 0 Å². The summed E-state index contributed by atoms with van der Waals surface area (Å²) in [5.74, 6) is 0.961. The zero-order valence-corrected chi connectivity index (χ0v) is 14.3. The smallest absolute Gasteiger partial charge is 0.121 e. The van der Waals surface area contributed by atoms with Crippen LogP contribution in [0.25, 0.3) is 0 Å². The highest BCUT2D eigenvalue weighted by atomic mass is 16.5. The quantitative estimate of drug-likeness (QED) is 0.891. The minimum atomic E-state index is 0.190. The first-order valence-corrected chi connectivity index (χ1v) is 7.87. The van der Waals surface area contributed by atoms with Crippen molar-refractivity contribution in [2.75, 3.05) is 7.11 Å². The SMILES string of the molecule is COc1ccc(CNC2CC(C)(C)NC(C)(C)C2)cc1C. The molecular weight excluding hydrogens is 260 g/mol. The molecule has 0 spiro atoms. The average Bonchev–Trinajstić information content (AvgIpc) is 2.33. The Labute approximate surface area is 129 Å². The fourth-order valence-electron chi connectivity index (χ4n) is 3.78. The summed E-state index contributed by atoms with van der Waals surface area (Å²) in [6.45, 7) is 12.2. The molecule has 0 aromatic heterocycles. The van der Waals surface area contributed by atoms with Gasteiger partial charge in [0.1, 0.15) is 5.75 Å². The zero-order valence-electron chi connectivity index (χ0n) is 14.3. The van der Waals surface area contributed by atoms with Crippen molar-refractivity contribution in [2.45, 2.75) is 71.1 Å². The number of nitrogens with one attached hydrogen (secondary N) is 2. The molecule has 0 saturated carbocycles. The van der Waals surface area contributed by atoms with E-state index in [4.69, 9.17) is 4.74 Å². The third kappa shape index (κ3) is 4.45. The first-order chi connectivity index (χ1) is 9.71. The van der Waals surface area contributed by atoms with Gasteiger partial charge in [-0.05, 0) is 64.7 Å². The fraction of sp³-hybridized carbons (Fsp3) is 0.667. The second-order valence-corrected chi connectivity index (χ2v) is 7.68. The van der Waals surface area contributed by atoms with Crippen LogP contribution in [0.5, 0.6) is 5.75 Å². The fourth-order valence-corrected chi connectivity index (χ4v) is 3.78. The van der Waals surface area contributed by atoms with E-state index in [9.17, 15) is 0 Å². The van der Waals surface area contributed by atoms with Crippen molar-refractivity contribution in [1.29, 1.82) is 0 Å². The number of rotatable bonds is 4. The Morgan fingerprint density at radius 3 is 2.33 bits per heavy atom. The summed E-state index contributed by atoms with van der Waals surface area (Å²) in [5.41, 5.74) is 2.90. The van der Waals surface area contributed by atoms with Crippen molar-refractivity contribution in [3.05, 3.63) is 29.3 Å². The van der Waals surface area contributed by atoms with E-state index in [-0.39, 0.29) is 11.1 Å². The normalized spacial score (nSPS) is 21.2.